The summed E-state index contributed by atoms with van der Waals surface area (Å²) in [6.45, 7) is 11.9. The fraction of sp³-hybridized carbons (Fsp3) is 0.0633. The Morgan fingerprint density at radius 2 is 1.05 bits per heavy atom. The van der Waals surface area contributed by atoms with E-state index in [1.54, 1.807) is 0 Å². The highest BCUT2D eigenvalue weighted by atomic mass is 79.9. The van der Waals surface area contributed by atoms with Crippen molar-refractivity contribution in [1.82, 2.24) is 4.57 Å². The Labute approximate surface area is 498 Å². The average molecular weight is 1150 g/mol. The summed E-state index contributed by atoms with van der Waals surface area (Å²) in [5.74, 6) is 0. The second kappa shape index (κ2) is 23.0. The predicted molar refractivity (Wildman–Crippen MR) is 365 cm³/mol. The molecular formula is C79H60BrNOS. The van der Waals surface area contributed by atoms with E-state index in [2.05, 4.69) is 290 Å². The number of furan rings is 1. The van der Waals surface area contributed by atoms with Crippen LogP contribution in [0.2, 0.25) is 0 Å². The maximum absolute atomic E-state index is 6.24. The summed E-state index contributed by atoms with van der Waals surface area (Å²) in [5.41, 5.74) is 18.5. The fourth-order valence-electron chi connectivity index (χ4n) is 12.2. The van der Waals surface area contributed by atoms with Crippen LogP contribution < -0.4 is 0 Å². The Morgan fingerprint density at radius 1 is 0.470 bits per heavy atom. The zero-order valence-electron chi connectivity index (χ0n) is 47.0. The van der Waals surface area contributed by atoms with Crippen LogP contribution in [-0.4, -0.2) is 4.57 Å². The summed E-state index contributed by atoms with van der Waals surface area (Å²) in [6, 6.07) is 88.6. The summed E-state index contributed by atoms with van der Waals surface area (Å²) in [5, 5.41) is 12.2. The average Bonchev–Trinajstić information content (AvgIpc) is 3.25. The maximum Gasteiger partial charge on any atom is 0.136 e. The van der Waals surface area contributed by atoms with Gasteiger partial charge in [0.05, 0.1) is 11.0 Å². The lowest BCUT2D eigenvalue weighted by atomic mass is 9.91. The van der Waals surface area contributed by atoms with E-state index in [9.17, 15) is 0 Å². The minimum absolute atomic E-state index is 0.912. The topological polar surface area (TPSA) is 18.1 Å². The molecule has 0 amide bonds. The van der Waals surface area contributed by atoms with Crippen molar-refractivity contribution >= 4 is 104 Å². The van der Waals surface area contributed by atoms with Gasteiger partial charge in [0.25, 0.3) is 0 Å². The van der Waals surface area contributed by atoms with Crippen LogP contribution in [0, 0.1) is 0 Å². The van der Waals surface area contributed by atoms with Crippen molar-refractivity contribution < 1.29 is 4.42 Å². The molecule has 0 unspecified atom stereocenters. The summed E-state index contributed by atoms with van der Waals surface area (Å²) in [4.78, 5) is 2.79. The van der Waals surface area contributed by atoms with Gasteiger partial charge in [0.15, 0.2) is 0 Å². The van der Waals surface area contributed by atoms with E-state index in [0.717, 1.165) is 55.2 Å². The molecule has 15 rings (SSSR count). The molecule has 0 bridgehead atoms. The molecule has 2 nitrogen and oxygen atoms in total. The molecule has 3 heterocycles. The molecule has 0 spiro atoms. The Hall–Kier alpha value is -9.19. The largest absolute Gasteiger partial charge is 0.456 e. The first-order valence-corrected chi connectivity index (χ1v) is 30.2. The monoisotopic (exact) mass is 1150 g/mol. The first kappa shape index (κ1) is 53.1. The summed E-state index contributed by atoms with van der Waals surface area (Å²) in [7, 11) is 0. The van der Waals surface area contributed by atoms with Gasteiger partial charge < -0.3 is 8.98 Å². The van der Waals surface area contributed by atoms with Gasteiger partial charge in [-0.25, -0.2) is 0 Å². The number of aromatic nitrogens is 1. The number of fused-ring (bicyclic) bond motifs is 11. The molecule has 400 valence electrons. The van der Waals surface area contributed by atoms with Gasteiger partial charge in [0.2, 0.25) is 0 Å². The third-order valence-electron chi connectivity index (χ3n) is 15.9. The predicted octanol–water partition coefficient (Wildman–Crippen LogP) is 24.3. The van der Waals surface area contributed by atoms with E-state index >= 15 is 0 Å². The van der Waals surface area contributed by atoms with Crippen molar-refractivity contribution in [1.29, 1.82) is 0 Å². The second-order valence-electron chi connectivity index (χ2n) is 21.0. The normalized spacial score (nSPS) is 13.0. The molecule has 1 aliphatic rings. The van der Waals surface area contributed by atoms with Gasteiger partial charge in [0, 0.05) is 48.6 Å². The Bertz CT molecular complexity index is 4920. The summed E-state index contributed by atoms with van der Waals surface area (Å²) < 4.78 is 9.74. The number of thioether (sulfide) groups is 1. The minimum atomic E-state index is 0.912. The standard InChI is InChI=1S/C66H40BrNO.C11H14S.C2H6/c67-52-39-49(43-27-30-54-44(33-43)25-26-45-34-46(28-31-55(45)54)57-20-12-24-63-65(57)59-19-9-10-23-62(59)69-63)36-50(40-52)48-35-47(41-13-3-1-4-14-41)37-51(38-48)58-21-11-22-60-64-56-18-8-7-15-42(56)29-32-61(64)68(66(58)60)53-16-5-2-6-17-53;1-4-6-10-8-9(3)11(12-10)7-5-2;1-2/h1-40H;4-7H,1,8H2,2-3H3;1-2H3/b;7-5-,10-6+;. The van der Waals surface area contributed by atoms with E-state index in [4.69, 9.17) is 4.42 Å². The lowest BCUT2D eigenvalue weighted by Gasteiger charge is -2.15. The van der Waals surface area contributed by atoms with Crippen LogP contribution >= 0.6 is 27.7 Å². The molecule has 14 aromatic rings. The van der Waals surface area contributed by atoms with Gasteiger partial charge in [-0.2, -0.15) is 0 Å². The number of allylic oxidation sites excluding steroid dienone is 6. The van der Waals surface area contributed by atoms with Crippen molar-refractivity contribution in [2.24, 2.45) is 0 Å². The Balaban J connectivity index is 0.000000410. The molecule has 0 radical (unpaired) electrons. The van der Waals surface area contributed by atoms with Gasteiger partial charge in [0.1, 0.15) is 11.2 Å². The van der Waals surface area contributed by atoms with Crippen LogP contribution in [0.4, 0.5) is 0 Å². The van der Waals surface area contributed by atoms with Gasteiger partial charge >= 0.3 is 0 Å². The first-order valence-electron chi connectivity index (χ1n) is 28.6. The number of halogens is 1. The maximum atomic E-state index is 6.24. The smallest absolute Gasteiger partial charge is 0.136 e. The SMILES string of the molecule is Brc1cc(-c2cc(-c3ccccc3)cc(-c3cccc4c5c6ccccc6ccc5n(-c5ccccc5)c34)c2)cc(-c2ccc3c(ccc4cc(-c5cccc6oc7ccccc7c56)ccc43)c2)c1.C=C/C=C1\CC(C)=C(/C=C\C)S1.CC. The fourth-order valence-corrected chi connectivity index (χ4v) is 13.9. The van der Waals surface area contributed by atoms with E-state index in [-0.39, 0.29) is 0 Å². The second-order valence-corrected chi connectivity index (χ2v) is 23.0. The number of hydrogen-bond donors (Lipinski definition) is 0. The number of benzene rings is 12. The van der Waals surface area contributed by atoms with Crippen LogP contribution in [0.1, 0.15) is 34.1 Å². The van der Waals surface area contributed by atoms with Crippen LogP contribution in [-0.2, 0) is 0 Å². The Morgan fingerprint density at radius 3 is 1.80 bits per heavy atom. The Kier molecular flexibility index (Phi) is 14.7. The van der Waals surface area contributed by atoms with E-state index in [1.165, 1.54) is 108 Å². The van der Waals surface area contributed by atoms with Gasteiger partial charge in [-0.15, -0.1) is 0 Å². The van der Waals surface area contributed by atoms with Gasteiger partial charge in [-0.1, -0.05) is 242 Å². The van der Waals surface area contributed by atoms with Crippen LogP contribution in [0.5, 0.6) is 0 Å². The third-order valence-corrected chi connectivity index (χ3v) is 17.6. The van der Waals surface area contributed by atoms with Crippen molar-refractivity contribution in [2.75, 3.05) is 0 Å². The summed E-state index contributed by atoms with van der Waals surface area (Å²) in [6.07, 6.45) is 9.29. The third kappa shape index (κ3) is 10.0. The van der Waals surface area contributed by atoms with Crippen LogP contribution in [0.3, 0.4) is 0 Å². The molecule has 2 aromatic heterocycles. The van der Waals surface area contributed by atoms with Crippen molar-refractivity contribution in [3.05, 3.63) is 293 Å². The van der Waals surface area contributed by atoms with E-state index < -0.39 is 0 Å². The highest BCUT2D eigenvalue weighted by Gasteiger charge is 2.21. The zero-order valence-corrected chi connectivity index (χ0v) is 49.4. The molecule has 0 N–H and O–H groups in total. The molecular weight excluding hydrogens is 1090 g/mol. The van der Waals surface area contributed by atoms with E-state index in [1.807, 2.05) is 43.8 Å². The molecule has 0 atom stereocenters. The van der Waals surface area contributed by atoms with Crippen molar-refractivity contribution in [3.8, 4) is 61.3 Å². The number of para-hydroxylation sites is 3. The van der Waals surface area contributed by atoms with Crippen LogP contribution in [0.15, 0.2) is 298 Å². The molecule has 0 fully saturated rings. The first-order chi connectivity index (χ1) is 40.9. The van der Waals surface area contributed by atoms with E-state index in [0.29, 0.717) is 0 Å². The number of rotatable bonds is 8. The number of nitrogens with zero attached hydrogens (tertiary/aromatic N) is 1. The van der Waals surface area contributed by atoms with Crippen LogP contribution in [0.25, 0.3) is 137 Å². The molecule has 0 aliphatic carbocycles. The lowest BCUT2D eigenvalue weighted by molar-refractivity contribution is 0.669. The van der Waals surface area contributed by atoms with Gasteiger partial charge in [-0.05, 0) is 180 Å². The highest BCUT2D eigenvalue weighted by Crippen LogP contribution is 2.45. The molecule has 0 saturated heterocycles. The van der Waals surface area contributed by atoms with Gasteiger partial charge in [-0.3, -0.25) is 0 Å². The summed E-state index contributed by atoms with van der Waals surface area (Å²) >= 11 is 5.82. The molecule has 83 heavy (non-hydrogen) atoms. The highest BCUT2D eigenvalue weighted by molar-refractivity contribution is 9.10. The zero-order chi connectivity index (χ0) is 56.6. The van der Waals surface area contributed by atoms with Crippen molar-refractivity contribution in [2.45, 2.75) is 34.1 Å². The number of hydrogen-bond acceptors (Lipinski definition) is 2. The quantitative estimate of drug-likeness (QED) is 0.141. The molecule has 0 saturated carbocycles. The minimum Gasteiger partial charge on any atom is -0.456 e. The molecule has 1 aliphatic heterocycles. The molecule has 12 aromatic carbocycles. The molecule has 4 heteroatoms. The lowest BCUT2D eigenvalue weighted by Crippen LogP contribution is -1.95. The van der Waals surface area contributed by atoms with Crippen molar-refractivity contribution in [3.63, 3.8) is 0 Å².